The molecule has 6 heteroatoms. The third kappa shape index (κ3) is 3.51. The van der Waals surface area contributed by atoms with Gasteiger partial charge in [-0.2, -0.15) is 4.39 Å². The zero-order chi connectivity index (χ0) is 13.1. The van der Waals surface area contributed by atoms with E-state index in [9.17, 15) is 14.0 Å². The van der Waals surface area contributed by atoms with Crippen LogP contribution in [0.15, 0.2) is 18.2 Å². The quantitative estimate of drug-likeness (QED) is 0.748. The number of pyridine rings is 1. The van der Waals surface area contributed by atoms with Crippen LogP contribution in [0.5, 0.6) is 0 Å². The van der Waals surface area contributed by atoms with Crippen molar-refractivity contribution in [3.8, 4) is 0 Å². The summed E-state index contributed by atoms with van der Waals surface area (Å²) in [5.74, 6) is -1.80. The maximum Gasteiger partial charge on any atom is 0.270 e. The van der Waals surface area contributed by atoms with E-state index < -0.39 is 23.2 Å². The van der Waals surface area contributed by atoms with Crippen LogP contribution >= 0.6 is 0 Å². The van der Waals surface area contributed by atoms with Crippen molar-refractivity contribution in [2.75, 3.05) is 6.54 Å². The summed E-state index contributed by atoms with van der Waals surface area (Å²) in [5.41, 5.74) is 4.26. The Labute approximate surface area is 98.2 Å². The molecule has 0 spiro atoms. The van der Waals surface area contributed by atoms with Crippen molar-refractivity contribution < 1.29 is 14.0 Å². The zero-order valence-corrected chi connectivity index (χ0v) is 9.66. The predicted molar refractivity (Wildman–Crippen MR) is 59.5 cm³/mol. The van der Waals surface area contributed by atoms with Crippen LogP contribution < -0.4 is 11.1 Å². The Morgan fingerprint density at radius 3 is 2.65 bits per heavy atom. The van der Waals surface area contributed by atoms with Crippen molar-refractivity contribution >= 4 is 11.8 Å². The van der Waals surface area contributed by atoms with Gasteiger partial charge in [0.2, 0.25) is 11.9 Å². The highest BCUT2D eigenvalue weighted by atomic mass is 19.1. The van der Waals surface area contributed by atoms with E-state index in [1.807, 2.05) is 0 Å². The highest BCUT2D eigenvalue weighted by Gasteiger charge is 2.25. The summed E-state index contributed by atoms with van der Waals surface area (Å²) in [6.45, 7) is 3.28. The molecule has 1 heterocycles. The van der Waals surface area contributed by atoms with Gasteiger partial charge in [0.05, 0.1) is 5.41 Å². The molecule has 1 aromatic rings. The van der Waals surface area contributed by atoms with E-state index in [1.54, 1.807) is 13.8 Å². The average molecular weight is 239 g/mol. The van der Waals surface area contributed by atoms with Gasteiger partial charge in [-0.05, 0) is 26.0 Å². The van der Waals surface area contributed by atoms with Crippen LogP contribution in [0, 0.1) is 11.4 Å². The number of carbonyl (C=O) groups excluding carboxylic acids is 2. The maximum absolute atomic E-state index is 12.8. The Morgan fingerprint density at radius 1 is 1.47 bits per heavy atom. The standard InChI is InChI=1S/C11H14FN3O2/c1-11(2,10(13)17)6-14-9(16)7-4-3-5-8(12)15-7/h3-5H,6H2,1-2H3,(H2,13,17)(H,14,16). The van der Waals surface area contributed by atoms with Gasteiger partial charge in [0.15, 0.2) is 0 Å². The number of hydrogen-bond acceptors (Lipinski definition) is 3. The summed E-state index contributed by atoms with van der Waals surface area (Å²) >= 11 is 0. The smallest absolute Gasteiger partial charge is 0.270 e. The largest absolute Gasteiger partial charge is 0.369 e. The molecule has 5 nitrogen and oxygen atoms in total. The molecule has 0 aliphatic carbocycles. The fourth-order valence-corrected chi connectivity index (χ4v) is 1.01. The van der Waals surface area contributed by atoms with Crippen LogP contribution in [0.25, 0.3) is 0 Å². The van der Waals surface area contributed by atoms with Crippen LogP contribution in [-0.2, 0) is 4.79 Å². The summed E-state index contributed by atoms with van der Waals surface area (Å²) in [7, 11) is 0. The molecule has 92 valence electrons. The number of nitrogens with one attached hydrogen (secondary N) is 1. The lowest BCUT2D eigenvalue weighted by Crippen LogP contribution is -2.42. The van der Waals surface area contributed by atoms with E-state index in [0.717, 1.165) is 6.07 Å². The lowest BCUT2D eigenvalue weighted by atomic mass is 9.93. The zero-order valence-electron chi connectivity index (χ0n) is 9.66. The van der Waals surface area contributed by atoms with E-state index >= 15 is 0 Å². The first kappa shape index (κ1) is 13.1. The van der Waals surface area contributed by atoms with E-state index in [2.05, 4.69) is 10.3 Å². The monoisotopic (exact) mass is 239 g/mol. The van der Waals surface area contributed by atoms with Gasteiger partial charge >= 0.3 is 0 Å². The van der Waals surface area contributed by atoms with Crippen LogP contribution in [0.3, 0.4) is 0 Å². The SMILES string of the molecule is CC(C)(CNC(=O)c1cccc(F)n1)C(N)=O. The summed E-state index contributed by atoms with van der Waals surface area (Å²) in [5, 5.41) is 2.48. The van der Waals surface area contributed by atoms with Gasteiger partial charge in [0, 0.05) is 6.54 Å². The third-order valence-corrected chi connectivity index (χ3v) is 2.31. The van der Waals surface area contributed by atoms with Crippen molar-refractivity contribution in [1.82, 2.24) is 10.3 Å². The van der Waals surface area contributed by atoms with Gasteiger partial charge in [-0.15, -0.1) is 0 Å². The number of halogens is 1. The van der Waals surface area contributed by atoms with Crippen molar-refractivity contribution in [2.24, 2.45) is 11.1 Å². The Balaban J connectivity index is 2.65. The molecular formula is C11H14FN3O2. The first-order valence-corrected chi connectivity index (χ1v) is 5.03. The minimum Gasteiger partial charge on any atom is -0.369 e. The summed E-state index contributed by atoms with van der Waals surface area (Å²) in [4.78, 5) is 26.0. The van der Waals surface area contributed by atoms with Gasteiger partial charge in [-0.3, -0.25) is 9.59 Å². The van der Waals surface area contributed by atoms with Crippen LogP contribution in [-0.4, -0.2) is 23.3 Å². The molecule has 1 aromatic heterocycles. The molecule has 0 aliphatic rings. The van der Waals surface area contributed by atoms with Crippen molar-refractivity contribution in [2.45, 2.75) is 13.8 Å². The van der Waals surface area contributed by atoms with Gasteiger partial charge < -0.3 is 11.1 Å². The molecule has 0 fully saturated rings. The average Bonchev–Trinajstić information content (AvgIpc) is 2.25. The summed E-state index contributed by atoms with van der Waals surface area (Å²) in [6, 6.07) is 3.91. The molecule has 3 N–H and O–H groups in total. The second-order valence-corrected chi connectivity index (χ2v) is 4.28. The molecule has 17 heavy (non-hydrogen) atoms. The number of carbonyl (C=O) groups is 2. The molecule has 0 aliphatic heterocycles. The second kappa shape index (κ2) is 4.90. The number of rotatable bonds is 4. The minimum atomic E-state index is -0.858. The summed E-state index contributed by atoms with van der Waals surface area (Å²) < 4.78 is 12.8. The minimum absolute atomic E-state index is 0.0368. The molecule has 0 atom stereocenters. The Morgan fingerprint density at radius 2 is 2.12 bits per heavy atom. The number of hydrogen-bond donors (Lipinski definition) is 2. The van der Waals surface area contributed by atoms with Crippen LogP contribution in [0.1, 0.15) is 24.3 Å². The van der Waals surface area contributed by atoms with E-state index in [1.165, 1.54) is 12.1 Å². The van der Waals surface area contributed by atoms with E-state index in [4.69, 9.17) is 5.73 Å². The van der Waals surface area contributed by atoms with E-state index in [0.29, 0.717) is 0 Å². The molecule has 0 radical (unpaired) electrons. The number of aromatic nitrogens is 1. The number of primary amides is 1. The first-order valence-electron chi connectivity index (χ1n) is 5.03. The van der Waals surface area contributed by atoms with Crippen molar-refractivity contribution in [3.63, 3.8) is 0 Å². The van der Waals surface area contributed by atoms with Crippen molar-refractivity contribution in [1.29, 1.82) is 0 Å². The predicted octanol–water partition coefficient (Wildman–Crippen LogP) is 0.462. The lowest BCUT2D eigenvalue weighted by Gasteiger charge is -2.20. The molecular weight excluding hydrogens is 225 g/mol. The van der Waals surface area contributed by atoms with Gasteiger partial charge in [-0.1, -0.05) is 6.07 Å². The normalized spacial score (nSPS) is 11.0. The molecule has 0 bridgehead atoms. The number of nitrogens with two attached hydrogens (primary N) is 1. The third-order valence-electron chi connectivity index (χ3n) is 2.31. The molecule has 0 saturated carbocycles. The van der Waals surface area contributed by atoms with Crippen molar-refractivity contribution in [3.05, 3.63) is 29.8 Å². The Bertz CT molecular complexity index is 446. The number of amides is 2. The van der Waals surface area contributed by atoms with Gasteiger partial charge in [0.1, 0.15) is 5.69 Å². The molecule has 0 unspecified atom stereocenters. The van der Waals surface area contributed by atoms with E-state index in [-0.39, 0.29) is 12.2 Å². The Hall–Kier alpha value is -1.98. The van der Waals surface area contributed by atoms with Crippen LogP contribution in [0.2, 0.25) is 0 Å². The lowest BCUT2D eigenvalue weighted by molar-refractivity contribution is -0.125. The molecule has 1 rings (SSSR count). The summed E-state index contributed by atoms with van der Waals surface area (Å²) in [6.07, 6.45) is 0. The molecule has 0 saturated heterocycles. The molecule has 0 aromatic carbocycles. The first-order chi connectivity index (χ1) is 7.83. The van der Waals surface area contributed by atoms with Gasteiger partial charge in [0.25, 0.3) is 5.91 Å². The van der Waals surface area contributed by atoms with Gasteiger partial charge in [-0.25, -0.2) is 4.98 Å². The number of nitrogens with zero attached hydrogens (tertiary/aromatic N) is 1. The molecule has 2 amide bonds. The second-order valence-electron chi connectivity index (χ2n) is 4.28. The maximum atomic E-state index is 12.8. The fourth-order valence-electron chi connectivity index (χ4n) is 1.01. The highest BCUT2D eigenvalue weighted by molar-refractivity contribution is 5.92. The highest BCUT2D eigenvalue weighted by Crippen LogP contribution is 2.12. The Kier molecular flexibility index (Phi) is 3.77. The fraction of sp³-hybridized carbons (Fsp3) is 0.364. The topological polar surface area (TPSA) is 85.1 Å². The van der Waals surface area contributed by atoms with Crippen LogP contribution in [0.4, 0.5) is 4.39 Å².